The lowest BCUT2D eigenvalue weighted by molar-refractivity contribution is -0.145. The minimum absolute atomic E-state index is 0.00251. The van der Waals surface area contributed by atoms with E-state index >= 15 is 0 Å². The van der Waals surface area contributed by atoms with Crippen molar-refractivity contribution in [3.63, 3.8) is 0 Å². The molecule has 1 spiro atoms. The number of hydrogen-bond acceptors (Lipinski definition) is 4. The topological polar surface area (TPSA) is 56.5 Å². The van der Waals surface area contributed by atoms with E-state index in [1.54, 1.807) is 30.3 Å². The Balaban J connectivity index is 1.50. The number of rotatable bonds is 5. The summed E-state index contributed by atoms with van der Waals surface area (Å²) in [6.07, 6.45) is -0.0579. The number of nitrogens with zero attached hydrogens (tertiary/aromatic N) is 2. The van der Waals surface area contributed by atoms with Crippen LogP contribution in [-0.2, 0) is 10.9 Å². The van der Waals surface area contributed by atoms with E-state index < -0.39 is 17.6 Å². The van der Waals surface area contributed by atoms with Crippen LogP contribution in [0.15, 0.2) is 54.9 Å². The van der Waals surface area contributed by atoms with Gasteiger partial charge in [-0.05, 0) is 61.1 Å². The third-order valence-corrected chi connectivity index (χ3v) is 7.43. The second-order valence-electron chi connectivity index (χ2n) is 9.33. The van der Waals surface area contributed by atoms with Gasteiger partial charge in [-0.3, -0.25) is 4.57 Å². The average Bonchev–Trinajstić information content (AvgIpc) is 3.58. The first kappa shape index (κ1) is 23.8. The number of imidazole rings is 1. The molecule has 5 rings (SSSR count). The summed E-state index contributed by atoms with van der Waals surface area (Å²) in [5.74, 6) is -1.01. The Morgan fingerprint density at radius 2 is 1.97 bits per heavy atom. The minimum atomic E-state index is -4.59. The van der Waals surface area contributed by atoms with Crippen LogP contribution in [-0.4, -0.2) is 40.6 Å². The van der Waals surface area contributed by atoms with E-state index in [4.69, 9.17) is 9.47 Å². The Morgan fingerprint density at radius 1 is 1.20 bits per heavy atom. The maximum Gasteiger partial charge on any atom is 0.450 e. The molecule has 186 valence electrons. The first-order chi connectivity index (χ1) is 16.8. The van der Waals surface area contributed by atoms with Crippen LogP contribution >= 0.6 is 0 Å². The first-order valence-corrected chi connectivity index (χ1v) is 11.5. The molecule has 0 bridgehead atoms. The highest BCUT2D eigenvalue weighted by Gasteiger charge is 2.54. The Morgan fingerprint density at radius 3 is 2.66 bits per heavy atom. The van der Waals surface area contributed by atoms with Crippen LogP contribution in [0.25, 0.3) is 5.69 Å². The summed E-state index contributed by atoms with van der Waals surface area (Å²) in [7, 11) is 1.53. The van der Waals surface area contributed by atoms with Crippen molar-refractivity contribution < 1.29 is 32.1 Å². The molecule has 1 aliphatic heterocycles. The van der Waals surface area contributed by atoms with E-state index in [1.807, 2.05) is 0 Å². The number of benzene rings is 2. The fraction of sp³-hybridized carbons (Fsp3) is 0.423. The molecule has 1 saturated carbocycles. The monoisotopic (exact) mass is 490 g/mol. The third-order valence-electron chi connectivity index (χ3n) is 7.43. The van der Waals surface area contributed by atoms with Crippen molar-refractivity contribution in [3.8, 4) is 11.4 Å². The molecule has 1 saturated heterocycles. The van der Waals surface area contributed by atoms with Gasteiger partial charge in [-0.15, -0.1) is 0 Å². The molecule has 0 radical (unpaired) electrons. The van der Waals surface area contributed by atoms with Crippen molar-refractivity contribution in [2.75, 3.05) is 20.3 Å². The highest BCUT2D eigenvalue weighted by atomic mass is 19.4. The van der Waals surface area contributed by atoms with Crippen LogP contribution in [0.4, 0.5) is 17.6 Å². The summed E-state index contributed by atoms with van der Waals surface area (Å²) in [5.41, 5.74) is 1.45. The van der Waals surface area contributed by atoms with Gasteiger partial charge in [-0.1, -0.05) is 12.1 Å². The Bertz CT molecular complexity index is 1190. The lowest BCUT2D eigenvalue weighted by Crippen LogP contribution is -2.34. The van der Waals surface area contributed by atoms with Crippen LogP contribution < -0.4 is 4.74 Å². The van der Waals surface area contributed by atoms with Gasteiger partial charge in [0.05, 0.1) is 19.3 Å². The highest BCUT2D eigenvalue weighted by molar-refractivity contribution is 5.48. The molecule has 2 fully saturated rings. The van der Waals surface area contributed by atoms with Gasteiger partial charge < -0.3 is 14.6 Å². The van der Waals surface area contributed by atoms with Crippen LogP contribution in [0.5, 0.6) is 5.75 Å². The Hall–Kier alpha value is -2.91. The van der Waals surface area contributed by atoms with Gasteiger partial charge in [-0.25, -0.2) is 9.37 Å². The van der Waals surface area contributed by atoms with Gasteiger partial charge >= 0.3 is 6.18 Å². The zero-order valence-corrected chi connectivity index (χ0v) is 19.1. The third kappa shape index (κ3) is 4.21. The van der Waals surface area contributed by atoms with Gasteiger partial charge in [0.1, 0.15) is 11.6 Å². The molecule has 9 heteroatoms. The van der Waals surface area contributed by atoms with E-state index in [0.29, 0.717) is 24.5 Å². The van der Waals surface area contributed by atoms with Crippen molar-refractivity contribution in [3.05, 3.63) is 77.6 Å². The van der Waals surface area contributed by atoms with E-state index in [0.717, 1.165) is 34.7 Å². The second kappa shape index (κ2) is 8.95. The molecule has 1 aliphatic carbocycles. The van der Waals surface area contributed by atoms with Gasteiger partial charge in [0.2, 0.25) is 5.82 Å². The Labute approximate surface area is 200 Å². The zero-order valence-electron chi connectivity index (χ0n) is 19.1. The summed E-state index contributed by atoms with van der Waals surface area (Å²) < 4.78 is 66.9. The quantitative estimate of drug-likeness (QED) is 0.482. The number of alkyl halides is 3. The predicted octanol–water partition coefficient (Wildman–Crippen LogP) is 5.47. The van der Waals surface area contributed by atoms with Crippen molar-refractivity contribution >= 4 is 0 Å². The number of hydrogen-bond donors (Lipinski definition) is 1. The molecular weight excluding hydrogens is 464 g/mol. The van der Waals surface area contributed by atoms with Crippen LogP contribution in [0, 0.1) is 11.7 Å². The number of aromatic nitrogens is 2. The Kier molecular flexibility index (Phi) is 6.09. The fourth-order valence-corrected chi connectivity index (χ4v) is 5.93. The molecule has 4 atom stereocenters. The first-order valence-electron chi connectivity index (χ1n) is 11.5. The zero-order chi connectivity index (χ0) is 24.8. The standard InChI is InChI=1S/C26H26F4N2O3/c1-34-22-7-6-20(32-11-10-31-24(32)26(28,29)30)12-21(22)18-13-25(35-15-18)9-8-17(14-33)23(25)16-2-4-19(27)5-3-16/h2-7,10-12,17-18,23,33H,8-9,13-15H2,1H3/t17-,18+,23-,25-/m1/s1. The average molecular weight is 490 g/mol. The summed E-state index contributed by atoms with van der Waals surface area (Å²) in [4.78, 5) is 3.49. The lowest BCUT2D eigenvalue weighted by atomic mass is 9.76. The van der Waals surface area contributed by atoms with E-state index in [2.05, 4.69) is 4.98 Å². The minimum Gasteiger partial charge on any atom is -0.496 e. The van der Waals surface area contributed by atoms with Gasteiger partial charge in [0.25, 0.3) is 0 Å². The summed E-state index contributed by atoms with van der Waals surface area (Å²) in [6, 6.07) is 11.3. The number of methoxy groups -OCH3 is 1. The van der Waals surface area contributed by atoms with E-state index in [9.17, 15) is 22.7 Å². The molecule has 3 aromatic rings. The molecule has 0 unspecified atom stereocenters. The molecule has 2 aromatic carbocycles. The van der Waals surface area contributed by atoms with Crippen LogP contribution in [0.3, 0.4) is 0 Å². The fourth-order valence-electron chi connectivity index (χ4n) is 5.93. The SMILES string of the molecule is COc1ccc(-n2ccnc2C(F)(F)F)cc1[C@@H]1CO[C@]2(CC[C@H](CO)[C@H]2c2ccc(F)cc2)C1. The molecule has 0 amide bonds. The molecule has 1 N–H and O–H groups in total. The molecule has 5 nitrogen and oxygen atoms in total. The summed E-state index contributed by atoms with van der Waals surface area (Å²) in [6.45, 7) is 0.364. The number of aliphatic hydroxyl groups excluding tert-OH is 1. The van der Waals surface area contributed by atoms with Crippen LogP contribution in [0.2, 0.25) is 0 Å². The van der Waals surface area contributed by atoms with Crippen molar-refractivity contribution in [1.29, 1.82) is 0 Å². The summed E-state index contributed by atoms with van der Waals surface area (Å²) in [5, 5.41) is 10.0. The lowest BCUT2D eigenvalue weighted by Gasteiger charge is -2.33. The normalized spacial score (nSPS) is 26.5. The number of ether oxygens (including phenoxy) is 2. The van der Waals surface area contributed by atoms with Gasteiger partial charge in [-0.2, -0.15) is 13.2 Å². The maximum atomic E-state index is 13.6. The largest absolute Gasteiger partial charge is 0.496 e. The predicted molar refractivity (Wildman–Crippen MR) is 120 cm³/mol. The van der Waals surface area contributed by atoms with Gasteiger partial charge in [0.15, 0.2) is 0 Å². The highest BCUT2D eigenvalue weighted by Crippen LogP contribution is 2.57. The summed E-state index contributed by atoms with van der Waals surface area (Å²) >= 11 is 0. The van der Waals surface area contributed by atoms with E-state index in [1.165, 1.54) is 25.4 Å². The molecular formula is C26H26F4N2O3. The molecule has 2 aliphatic rings. The molecule has 2 heterocycles. The molecule has 35 heavy (non-hydrogen) atoms. The smallest absolute Gasteiger partial charge is 0.450 e. The van der Waals surface area contributed by atoms with Crippen molar-refractivity contribution in [1.82, 2.24) is 9.55 Å². The number of halogens is 4. The van der Waals surface area contributed by atoms with Crippen molar-refractivity contribution in [2.24, 2.45) is 5.92 Å². The second-order valence-corrected chi connectivity index (χ2v) is 9.33. The van der Waals surface area contributed by atoms with Crippen LogP contribution in [0.1, 0.15) is 48.0 Å². The number of aliphatic hydroxyl groups is 1. The van der Waals surface area contributed by atoms with E-state index in [-0.39, 0.29) is 30.2 Å². The maximum absolute atomic E-state index is 13.6. The van der Waals surface area contributed by atoms with Crippen molar-refractivity contribution in [2.45, 2.75) is 42.9 Å². The molecule has 1 aromatic heterocycles. The van der Waals surface area contributed by atoms with Gasteiger partial charge in [0, 0.05) is 42.1 Å².